The lowest BCUT2D eigenvalue weighted by Crippen LogP contribution is -2.41. The minimum Gasteiger partial charge on any atom is -0.326 e. The Kier molecular flexibility index (Phi) is 5.83. The number of carbonyl (C=O) groups is 1. The number of likely N-dealkylation sites (N-methyl/N-ethyl adjacent to an activating group) is 1. The Balaban J connectivity index is 2.06. The summed E-state index contributed by atoms with van der Waals surface area (Å²) in [7, 11) is 0.367. The van der Waals surface area contributed by atoms with Crippen LogP contribution in [-0.4, -0.2) is 56.8 Å². The average Bonchev–Trinajstić information content (AvgIpc) is 2.88. The van der Waals surface area contributed by atoms with Gasteiger partial charge in [0, 0.05) is 42.5 Å². The van der Waals surface area contributed by atoms with Crippen LogP contribution in [0.1, 0.15) is 26.2 Å². The summed E-state index contributed by atoms with van der Waals surface area (Å²) in [6.45, 7) is 2.48. The van der Waals surface area contributed by atoms with E-state index in [1.165, 1.54) is 6.92 Å². The van der Waals surface area contributed by atoms with Gasteiger partial charge in [0.15, 0.2) is 0 Å². The largest absolute Gasteiger partial charge is 0.326 e. The first-order valence-corrected chi connectivity index (χ1v) is 10.7. The van der Waals surface area contributed by atoms with Crippen molar-refractivity contribution in [2.75, 3.05) is 32.5 Å². The van der Waals surface area contributed by atoms with Crippen LogP contribution in [0.15, 0.2) is 41.3 Å². The first-order chi connectivity index (χ1) is 12.8. The molecular formula is C20H27N3O3S. The van der Waals surface area contributed by atoms with E-state index in [1.807, 2.05) is 32.3 Å². The van der Waals surface area contributed by atoms with Crippen LogP contribution < -0.4 is 5.32 Å². The fourth-order valence-electron chi connectivity index (χ4n) is 3.66. The fourth-order valence-corrected chi connectivity index (χ4v) is 5.37. The van der Waals surface area contributed by atoms with Gasteiger partial charge in [0.25, 0.3) is 0 Å². The van der Waals surface area contributed by atoms with Gasteiger partial charge in [-0.15, -0.1) is 0 Å². The van der Waals surface area contributed by atoms with Crippen molar-refractivity contribution in [1.82, 2.24) is 9.21 Å². The van der Waals surface area contributed by atoms with Crippen molar-refractivity contribution in [1.29, 1.82) is 0 Å². The highest BCUT2D eigenvalue weighted by Gasteiger charge is 2.31. The van der Waals surface area contributed by atoms with Crippen LogP contribution in [0, 0.1) is 0 Å². The number of hydrogen-bond donors (Lipinski definition) is 1. The number of anilines is 1. The number of rotatable bonds is 4. The SMILES string of the molecule is CC(=O)Nc1ccc(S(=O)(=O)N2CCCC[C@H](N(C)C)C2)c2ccccc12. The molecule has 7 heteroatoms. The number of sulfonamides is 1. The molecule has 0 aromatic heterocycles. The van der Waals surface area contributed by atoms with Crippen molar-refractivity contribution in [3.8, 4) is 0 Å². The Morgan fingerprint density at radius 3 is 2.48 bits per heavy atom. The van der Waals surface area contributed by atoms with Crippen LogP contribution in [0.3, 0.4) is 0 Å². The summed E-state index contributed by atoms with van der Waals surface area (Å²) in [6.07, 6.45) is 2.89. The number of nitrogens with zero attached hydrogens (tertiary/aromatic N) is 2. The van der Waals surface area contributed by atoms with Gasteiger partial charge in [0.1, 0.15) is 0 Å². The zero-order valence-electron chi connectivity index (χ0n) is 16.1. The van der Waals surface area contributed by atoms with Gasteiger partial charge in [0.05, 0.1) is 4.90 Å². The third-order valence-corrected chi connectivity index (χ3v) is 7.08. The second-order valence-corrected chi connectivity index (χ2v) is 9.22. The molecule has 1 aliphatic heterocycles. The van der Waals surface area contributed by atoms with E-state index in [0.717, 1.165) is 24.6 Å². The van der Waals surface area contributed by atoms with Gasteiger partial charge in [-0.25, -0.2) is 8.42 Å². The molecule has 3 rings (SSSR count). The van der Waals surface area contributed by atoms with Crippen molar-refractivity contribution in [3.05, 3.63) is 36.4 Å². The predicted molar refractivity (Wildman–Crippen MR) is 108 cm³/mol. The van der Waals surface area contributed by atoms with Crippen molar-refractivity contribution >= 4 is 32.4 Å². The molecular weight excluding hydrogens is 362 g/mol. The second-order valence-electron chi connectivity index (χ2n) is 7.31. The number of carbonyl (C=O) groups excluding carboxylic acids is 1. The third-order valence-electron chi connectivity index (χ3n) is 5.15. The maximum atomic E-state index is 13.5. The lowest BCUT2D eigenvalue weighted by atomic mass is 10.1. The van der Waals surface area contributed by atoms with Gasteiger partial charge in [-0.3, -0.25) is 4.79 Å². The minimum absolute atomic E-state index is 0.183. The van der Waals surface area contributed by atoms with Crippen molar-refractivity contribution in [2.24, 2.45) is 0 Å². The summed E-state index contributed by atoms with van der Waals surface area (Å²) in [5.74, 6) is -0.183. The number of fused-ring (bicyclic) bond motifs is 1. The van der Waals surface area contributed by atoms with E-state index >= 15 is 0 Å². The van der Waals surface area contributed by atoms with Gasteiger partial charge in [-0.2, -0.15) is 4.31 Å². The first-order valence-electron chi connectivity index (χ1n) is 9.26. The molecule has 0 bridgehead atoms. The average molecular weight is 390 g/mol. The quantitative estimate of drug-likeness (QED) is 0.873. The summed E-state index contributed by atoms with van der Waals surface area (Å²) in [4.78, 5) is 13.9. The molecule has 0 unspecified atom stereocenters. The Hall–Kier alpha value is -1.96. The van der Waals surface area contributed by atoms with Crippen molar-refractivity contribution in [3.63, 3.8) is 0 Å². The molecule has 1 saturated heterocycles. The van der Waals surface area contributed by atoms with Gasteiger partial charge < -0.3 is 10.2 Å². The van der Waals surface area contributed by atoms with E-state index in [2.05, 4.69) is 10.2 Å². The monoisotopic (exact) mass is 389 g/mol. The molecule has 1 N–H and O–H groups in total. The molecule has 1 fully saturated rings. The van der Waals surface area contributed by atoms with Crippen molar-refractivity contribution in [2.45, 2.75) is 37.1 Å². The maximum absolute atomic E-state index is 13.5. The van der Waals surface area contributed by atoms with Gasteiger partial charge in [0.2, 0.25) is 15.9 Å². The van der Waals surface area contributed by atoms with Crippen LogP contribution >= 0.6 is 0 Å². The highest BCUT2D eigenvalue weighted by molar-refractivity contribution is 7.89. The van der Waals surface area contributed by atoms with Crippen LogP contribution in [0.25, 0.3) is 10.8 Å². The van der Waals surface area contributed by atoms with Gasteiger partial charge in [-0.1, -0.05) is 30.7 Å². The molecule has 1 atom stereocenters. The highest BCUT2D eigenvalue weighted by Crippen LogP contribution is 2.32. The molecule has 1 heterocycles. The predicted octanol–water partition coefficient (Wildman–Crippen LogP) is 2.90. The Labute approximate surface area is 161 Å². The molecule has 2 aromatic rings. The Morgan fingerprint density at radius 2 is 1.81 bits per heavy atom. The Bertz CT molecular complexity index is 941. The van der Waals surface area contributed by atoms with E-state index in [-0.39, 0.29) is 11.9 Å². The van der Waals surface area contributed by atoms with Gasteiger partial charge in [-0.05, 0) is 39.1 Å². The summed E-state index contributed by atoms with van der Waals surface area (Å²) >= 11 is 0. The number of amides is 1. The molecule has 146 valence electrons. The van der Waals surface area contributed by atoms with Crippen LogP contribution in [-0.2, 0) is 14.8 Å². The van der Waals surface area contributed by atoms with E-state index in [9.17, 15) is 13.2 Å². The summed E-state index contributed by atoms with van der Waals surface area (Å²) in [5.41, 5.74) is 0.624. The fraction of sp³-hybridized carbons (Fsp3) is 0.450. The molecule has 0 saturated carbocycles. The van der Waals surface area contributed by atoms with Gasteiger partial charge >= 0.3 is 0 Å². The molecule has 0 aliphatic carbocycles. The van der Waals surface area contributed by atoms with Crippen molar-refractivity contribution < 1.29 is 13.2 Å². The molecule has 1 amide bonds. The first kappa shape index (κ1) is 19.8. The Morgan fingerprint density at radius 1 is 1.11 bits per heavy atom. The lowest BCUT2D eigenvalue weighted by Gasteiger charge is -2.28. The van der Waals surface area contributed by atoms with Crippen LogP contribution in [0.4, 0.5) is 5.69 Å². The zero-order valence-corrected chi connectivity index (χ0v) is 16.9. The molecule has 27 heavy (non-hydrogen) atoms. The second kappa shape index (κ2) is 7.96. The smallest absolute Gasteiger partial charge is 0.243 e. The maximum Gasteiger partial charge on any atom is 0.243 e. The standard InChI is InChI=1S/C20H27N3O3S/c1-15(24)21-19-11-12-20(18-10-5-4-9-17(18)19)27(25,26)23-13-7-6-8-16(14-23)22(2)3/h4-5,9-12,16H,6-8,13-14H2,1-3H3,(H,21,24)/t16-/m0/s1. The molecule has 1 aliphatic rings. The molecule has 2 aromatic carbocycles. The highest BCUT2D eigenvalue weighted by atomic mass is 32.2. The molecule has 0 spiro atoms. The minimum atomic E-state index is -3.63. The zero-order chi connectivity index (χ0) is 19.6. The molecule has 6 nitrogen and oxygen atoms in total. The van der Waals surface area contributed by atoms with Crippen LogP contribution in [0.2, 0.25) is 0 Å². The normalized spacial score (nSPS) is 19.2. The lowest BCUT2D eigenvalue weighted by molar-refractivity contribution is -0.114. The summed E-state index contributed by atoms with van der Waals surface area (Å²) in [5, 5.41) is 4.15. The van der Waals surface area contributed by atoms with E-state index in [1.54, 1.807) is 22.5 Å². The topological polar surface area (TPSA) is 69.7 Å². The molecule has 0 radical (unpaired) electrons. The van der Waals surface area contributed by atoms with E-state index in [0.29, 0.717) is 29.1 Å². The summed E-state index contributed by atoms with van der Waals surface area (Å²) in [6, 6.07) is 10.8. The van der Waals surface area contributed by atoms with E-state index < -0.39 is 10.0 Å². The number of nitrogens with one attached hydrogen (secondary N) is 1. The van der Waals surface area contributed by atoms with E-state index in [4.69, 9.17) is 0 Å². The van der Waals surface area contributed by atoms with Crippen LogP contribution in [0.5, 0.6) is 0 Å². The summed E-state index contributed by atoms with van der Waals surface area (Å²) < 4.78 is 28.6. The number of benzene rings is 2. The number of hydrogen-bond acceptors (Lipinski definition) is 4. The third kappa shape index (κ3) is 4.15.